The standard InChI is InChI=1S/C14H20N2O3/c1-18-9-13(19-2)8-16-14(17)10-3-4-11-6-15-7-12(11)5-10/h3-5,13,15H,6-9H2,1-2H3,(H,16,17). The number of methoxy groups -OCH3 is 2. The van der Waals surface area contributed by atoms with Gasteiger partial charge in [-0.25, -0.2) is 0 Å². The largest absolute Gasteiger partial charge is 0.382 e. The number of ether oxygens (including phenoxy) is 2. The molecule has 0 saturated carbocycles. The average Bonchev–Trinajstić information content (AvgIpc) is 2.90. The molecular formula is C14H20N2O3. The average molecular weight is 264 g/mol. The van der Waals surface area contributed by atoms with Crippen LogP contribution in [0.1, 0.15) is 21.5 Å². The van der Waals surface area contributed by atoms with E-state index in [1.54, 1.807) is 14.2 Å². The predicted molar refractivity (Wildman–Crippen MR) is 72.0 cm³/mol. The summed E-state index contributed by atoms with van der Waals surface area (Å²) in [5.74, 6) is -0.0761. The second kappa shape index (κ2) is 6.65. The van der Waals surface area contributed by atoms with Crippen LogP contribution in [0.25, 0.3) is 0 Å². The summed E-state index contributed by atoms with van der Waals surface area (Å²) < 4.78 is 10.2. The SMILES string of the molecule is COCC(CNC(=O)c1ccc2c(c1)CNC2)OC. The number of fused-ring (bicyclic) bond motifs is 1. The molecule has 1 aliphatic rings. The molecule has 1 atom stereocenters. The molecule has 5 heteroatoms. The number of rotatable bonds is 6. The molecule has 0 bridgehead atoms. The zero-order valence-electron chi connectivity index (χ0n) is 11.4. The van der Waals surface area contributed by atoms with Crippen molar-refractivity contribution in [2.45, 2.75) is 19.2 Å². The number of benzene rings is 1. The first kappa shape index (κ1) is 14.0. The molecule has 19 heavy (non-hydrogen) atoms. The van der Waals surface area contributed by atoms with Gasteiger partial charge in [-0.2, -0.15) is 0 Å². The maximum Gasteiger partial charge on any atom is 0.251 e. The first-order valence-corrected chi connectivity index (χ1v) is 6.37. The number of hydrogen-bond donors (Lipinski definition) is 2. The molecule has 1 heterocycles. The van der Waals surface area contributed by atoms with Crippen molar-refractivity contribution in [3.05, 3.63) is 34.9 Å². The van der Waals surface area contributed by atoms with Gasteiger partial charge >= 0.3 is 0 Å². The van der Waals surface area contributed by atoms with Crippen molar-refractivity contribution in [2.75, 3.05) is 27.4 Å². The Kier molecular flexibility index (Phi) is 4.90. The molecule has 104 valence electrons. The summed E-state index contributed by atoms with van der Waals surface area (Å²) in [6.45, 7) is 2.63. The molecule has 5 nitrogen and oxygen atoms in total. The Labute approximate surface area is 113 Å². The van der Waals surface area contributed by atoms with Crippen LogP contribution in [-0.2, 0) is 22.6 Å². The zero-order valence-corrected chi connectivity index (χ0v) is 11.4. The van der Waals surface area contributed by atoms with Gasteiger partial charge in [-0.3, -0.25) is 4.79 Å². The van der Waals surface area contributed by atoms with Gasteiger partial charge in [-0.05, 0) is 23.3 Å². The van der Waals surface area contributed by atoms with E-state index in [0.717, 1.165) is 13.1 Å². The van der Waals surface area contributed by atoms with Crippen molar-refractivity contribution in [1.29, 1.82) is 0 Å². The maximum absolute atomic E-state index is 12.0. The summed E-state index contributed by atoms with van der Waals surface area (Å²) in [5.41, 5.74) is 3.16. The van der Waals surface area contributed by atoms with Crippen molar-refractivity contribution < 1.29 is 14.3 Å². The van der Waals surface area contributed by atoms with Gasteiger partial charge in [0.15, 0.2) is 0 Å². The lowest BCUT2D eigenvalue weighted by atomic mass is 10.1. The Morgan fingerprint density at radius 2 is 2.16 bits per heavy atom. The van der Waals surface area contributed by atoms with E-state index in [2.05, 4.69) is 10.6 Å². The highest BCUT2D eigenvalue weighted by Crippen LogP contribution is 2.16. The van der Waals surface area contributed by atoms with Crippen LogP contribution in [0.2, 0.25) is 0 Å². The molecule has 1 unspecified atom stereocenters. The van der Waals surface area contributed by atoms with Crippen molar-refractivity contribution in [1.82, 2.24) is 10.6 Å². The minimum absolute atomic E-state index is 0.0761. The molecule has 1 amide bonds. The summed E-state index contributed by atoms with van der Waals surface area (Å²) in [4.78, 5) is 12.0. The summed E-state index contributed by atoms with van der Waals surface area (Å²) >= 11 is 0. The normalized spacial score (nSPS) is 15.1. The Morgan fingerprint density at radius 3 is 2.89 bits per heavy atom. The molecule has 0 radical (unpaired) electrons. The third-order valence-corrected chi connectivity index (χ3v) is 3.28. The fourth-order valence-corrected chi connectivity index (χ4v) is 2.14. The zero-order chi connectivity index (χ0) is 13.7. The summed E-state index contributed by atoms with van der Waals surface area (Å²) in [6.07, 6.45) is -0.120. The van der Waals surface area contributed by atoms with E-state index in [4.69, 9.17) is 9.47 Å². The van der Waals surface area contributed by atoms with E-state index in [9.17, 15) is 4.79 Å². The molecular weight excluding hydrogens is 244 g/mol. The van der Waals surface area contributed by atoms with Crippen LogP contribution in [0.3, 0.4) is 0 Å². The molecule has 0 aromatic heterocycles. The third kappa shape index (κ3) is 3.53. The highest BCUT2D eigenvalue weighted by Gasteiger charge is 2.14. The number of amides is 1. The van der Waals surface area contributed by atoms with Gasteiger partial charge in [0, 0.05) is 39.4 Å². The lowest BCUT2D eigenvalue weighted by Gasteiger charge is -2.15. The molecule has 1 aliphatic heterocycles. The molecule has 1 aromatic carbocycles. The van der Waals surface area contributed by atoms with E-state index in [1.165, 1.54) is 11.1 Å². The van der Waals surface area contributed by atoms with Crippen molar-refractivity contribution in [3.8, 4) is 0 Å². The molecule has 2 N–H and O–H groups in total. The van der Waals surface area contributed by atoms with E-state index >= 15 is 0 Å². The highest BCUT2D eigenvalue weighted by molar-refractivity contribution is 5.94. The monoisotopic (exact) mass is 264 g/mol. The maximum atomic E-state index is 12.0. The second-order valence-electron chi connectivity index (χ2n) is 4.61. The van der Waals surface area contributed by atoms with Crippen LogP contribution in [0.15, 0.2) is 18.2 Å². The molecule has 1 aromatic rings. The molecule has 2 rings (SSSR count). The van der Waals surface area contributed by atoms with Crippen molar-refractivity contribution >= 4 is 5.91 Å². The Bertz CT molecular complexity index is 448. The Hall–Kier alpha value is -1.43. The van der Waals surface area contributed by atoms with Gasteiger partial charge in [0.25, 0.3) is 5.91 Å². The number of carbonyl (C=O) groups excluding carboxylic acids is 1. The fourth-order valence-electron chi connectivity index (χ4n) is 2.14. The summed E-state index contributed by atoms with van der Waals surface area (Å²) in [6, 6.07) is 5.81. The van der Waals surface area contributed by atoms with Gasteiger partial charge in [0.1, 0.15) is 0 Å². The van der Waals surface area contributed by atoms with E-state index < -0.39 is 0 Å². The topological polar surface area (TPSA) is 59.6 Å². The van der Waals surface area contributed by atoms with Gasteiger partial charge < -0.3 is 20.1 Å². The van der Waals surface area contributed by atoms with Gasteiger partial charge in [-0.1, -0.05) is 6.07 Å². The highest BCUT2D eigenvalue weighted by atomic mass is 16.5. The van der Waals surface area contributed by atoms with Crippen LogP contribution in [0, 0.1) is 0 Å². The van der Waals surface area contributed by atoms with Crippen LogP contribution in [0.4, 0.5) is 0 Å². The lowest BCUT2D eigenvalue weighted by Crippen LogP contribution is -2.35. The molecule has 0 fully saturated rings. The lowest BCUT2D eigenvalue weighted by molar-refractivity contribution is 0.0285. The minimum atomic E-state index is -0.120. The van der Waals surface area contributed by atoms with Crippen LogP contribution < -0.4 is 10.6 Å². The van der Waals surface area contributed by atoms with Gasteiger partial charge in [0.05, 0.1) is 12.7 Å². The minimum Gasteiger partial charge on any atom is -0.382 e. The van der Waals surface area contributed by atoms with Crippen molar-refractivity contribution in [3.63, 3.8) is 0 Å². The Balaban J connectivity index is 1.92. The molecule has 0 spiro atoms. The van der Waals surface area contributed by atoms with Gasteiger partial charge in [0.2, 0.25) is 0 Å². The third-order valence-electron chi connectivity index (χ3n) is 3.28. The molecule has 0 aliphatic carbocycles. The number of nitrogens with one attached hydrogen (secondary N) is 2. The second-order valence-corrected chi connectivity index (χ2v) is 4.61. The van der Waals surface area contributed by atoms with Crippen molar-refractivity contribution in [2.24, 2.45) is 0 Å². The summed E-state index contributed by atoms with van der Waals surface area (Å²) in [5, 5.41) is 6.12. The quantitative estimate of drug-likeness (QED) is 0.793. The van der Waals surface area contributed by atoms with E-state index in [1.807, 2.05) is 18.2 Å². The van der Waals surface area contributed by atoms with Gasteiger partial charge in [-0.15, -0.1) is 0 Å². The van der Waals surface area contributed by atoms with Crippen LogP contribution in [-0.4, -0.2) is 39.4 Å². The van der Waals surface area contributed by atoms with Crippen LogP contribution >= 0.6 is 0 Å². The summed E-state index contributed by atoms with van der Waals surface area (Å²) in [7, 11) is 3.22. The predicted octanol–water partition coefficient (Wildman–Crippen LogP) is 0.681. The number of hydrogen-bond acceptors (Lipinski definition) is 4. The smallest absolute Gasteiger partial charge is 0.251 e. The number of carbonyl (C=O) groups is 1. The Morgan fingerprint density at radius 1 is 1.37 bits per heavy atom. The van der Waals surface area contributed by atoms with E-state index in [-0.39, 0.29) is 12.0 Å². The fraction of sp³-hybridized carbons (Fsp3) is 0.500. The van der Waals surface area contributed by atoms with Crippen LogP contribution in [0.5, 0.6) is 0 Å². The first-order valence-electron chi connectivity index (χ1n) is 6.37. The molecule has 0 saturated heterocycles. The first-order chi connectivity index (χ1) is 9.24. The van der Waals surface area contributed by atoms with E-state index in [0.29, 0.717) is 18.7 Å².